The van der Waals surface area contributed by atoms with Gasteiger partial charge in [0, 0.05) is 29.2 Å². The quantitative estimate of drug-likeness (QED) is 0.550. The number of nitrogens with zero attached hydrogens (tertiary/aromatic N) is 2. The van der Waals surface area contributed by atoms with Gasteiger partial charge in [-0.25, -0.2) is 5.43 Å². The van der Waals surface area contributed by atoms with Crippen molar-refractivity contribution in [1.29, 1.82) is 0 Å². The van der Waals surface area contributed by atoms with Crippen LogP contribution in [-0.2, 0) is 13.5 Å². The van der Waals surface area contributed by atoms with E-state index in [2.05, 4.69) is 22.7 Å². The first-order valence-corrected chi connectivity index (χ1v) is 8.14. The van der Waals surface area contributed by atoms with Gasteiger partial charge in [-0.15, -0.1) is 0 Å². The molecule has 0 aliphatic rings. The fraction of sp³-hybridized carbons (Fsp3) is 0.158. The molecule has 0 unspecified atom stereocenters. The molecule has 2 aromatic carbocycles. The van der Waals surface area contributed by atoms with Crippen LogP contribution in [0.3, 0.4) is 0 Å². The zero-order valence-electron chi connectivity index (χ0n) is 13.4. The average molecular weight is 340 g/mol. The molecule has 1 heterocycles. The lowest BCUT2D eigenvalue weighted by molar-refractivity contribution is 0.0947. The van der Waals surface area contributed by atoms with E-state index in [-0.39, 0.29) is 5.91 Å². The highest BCUT2D eigenvalue weighted by atomic mass is 35.5. The smallest absolute Gasteiger partial charge is 0.287 e. The lowest BCUT2D eigenvalue weighted by Crippen LogP contribution is -2.20. The van der Waals surface area contributed by atoms with Gasteiger partial charge in [0.2, 0.25) is 0 Å². The third kappa shape index (κ3) is 3.66. The molecule has 4 nitrogen and oxygen atoms in total. The summed E-state index contributed by atoms with van der Waals surface area (Å²) in [5.41, 5.74) is 5.33. The number of aromatic nitrogens is 1. The number of benzene rings is 2. The Hall–Kier alpha value is -2.59. The van der Waals surface area contributed by atoms with Crippen molar-refractivity contribution < 1.29 is 4.79 Å². The van der Waals surface area contributed by atoms with E-state index in [0.717, 1.165) is 23.7 Å². The van der Waals surface area contributed by atoms with Crippen molar-refractivity contribution in [3.05, 3.63) is 70.9 Å². The minimum absolute atomic E-state index is 0.235. The molecule has 1 aromatic heterocycles. The van der Waals surface area contributed by atoms with Crippen molar-refractivity contribution in [1.82, 2.24) is 9.99 Å². The van der Waals surface area contributed by atoms with Gasteiger partial charge in [0.05, 0.1) is 0 Å². The summed E-state index contributed by atoms with van der Waals surface area (Å²) in [6.07, 6.45) is 3.40. The number of halogens is 1. The maximum Gasteiger partial charge on any atom is 0.287 e. The summed E-state index contributed by atoms with van der Waals surface area (Å²) >= 11 is 6.00. The van der Waals surface area contributed by atoms with E-state index in [1.54, 1.807) is 6.21 Å². The standard InChI is InChI=1S/C19H18ClN3O/c1-23-17-10-9-16(20)12-15(17)13-18(23)19(24)22-21-11-5-8-14-6-3-2-4-7-14/h2-4,6-7,9-13H,5,8H2,1H3,(H,22,24)/b21-11+. The highest BCUT2D eigenvalue weighted by Crippen LogP contribution is 2.22. The minimum Gasteiger partial charge on any atom is -0.340 e. The number of rotatable bonds is 5. The first-order valence-electron chi connectivity index (χ1n) is 7.76. The molecule has 0 spiro atoms. The zero-order valence-corrected chi connectivity index (χ0v) is 14.1. The normalized spacial score (nSPS) is 11.2. The second kappa shape index (κ2) is 7.32. The molecular formula is C19H18ClN3O. The molecule has 0 saturated carbocycles. The van der Waals surface area contributed by atoms with Crippen molar-refractivity contribution in [2.24, 2.45) is 12.1 Å². The van der Waals surface area contributed by atoms with E-state index in [1.165, 1.54) is 5.56 Å². The summed E-state index contributed by atoms with van der Waals surface area (Å²) in [6.45, 7) is 0. The Morgan fingerprint density at radius 2 is 2.00 bits per heavy atom. The van der Waals surface area contributed by atoms with Crippen LogP contribution in [0.25, 0.3) is 10.9 Å². The van der Waals surface area contributed by atoms with Gasteiger partial charge in [0.25, 0.3) is 5.91 Å². The molecule has 5 heteroatoms. The Balaban J connectivity index is 1.61. The molecular weight excluding hydrogens is 322 g/mol. The molecule has 0 aliphatic heterocycles. The van der Waals surface area contributed by atoms with Crippen molar-refractivity contribution in [2.75, 3.05) is 0 Å². The lowest BCUT2D eigenvalue weighted by atomic mass is 10.1. The van der Waals surface area contributed by atoms with Crippen molar-refractivity contribution >= 4 is 34.6 Å². The maximum absolute atomic E-state index is 12.3. The predicted octanol–water partition coefficient (Wildman–Crippen LogP) is 4.18. The van der Waals surface area contributed by atoms with Crippen LogP contribution in [0.5, 0.6) is 0 Å². The zero-order chi connectivity index (χ0) is 16.9. The van der Waals surface area contributed by atoms with E-state index in [4.69, 9.17) is 11.6 Å². The highest BCUT2D eigenvalue weighted by Gasteiger charge is 2.12. The van der Waals surface area contributed by atoms with Crippen LogP contribution >= 0.6 is 11.6 Å². The fourth-order valence-corrected chi connectivity index (χ4v) is 2.82. The number of aryl methyl sites for hydroxylation is 2. The van der Waals surface area contributed by atoms with Gasteiger partial charge in [-0.05, 0) is 42.7 Å². The van der Waals surface area contributed by atoms with Crippen LogP contribution < -0.4 is 5.43 Å². The summed E-state index contributed by atoms with van der Waals surface area (Å²) in [6, 6.07) is 17.5. The van der Waals surface area contributed by atoms with Crippen molar-refractivity contribution in [2.45, 2.75) is 12.8 Å². The molecule has 0 radical (unpaired) electrons. The minimum atomic E-state index is -0.235. The van der Waals surface area contributed by atoms with Gasteiger partial charge >= 0.3 is 0 Å². The van der Waals surface area contributed by atoms with Crippen LogP contribution in [0.2, 0.25) is 5.02 Å². The summed E-state index contributed by atoms with van der Waals surface area (Å²) in [5.74, 6) is -0.235. The van der Waals surface area contributed by atoms with E-state index < -0.39 is 0 Å². The number of hydrogen-bond acceptors (Lipinski definition) is 2. The molecule has 1 amide bonds. The topological polar surface area (TPSA) is 46.4 Å². The second-order valence-corrected chi connectivity index (χ2v) is 6.01. The maximum atomic E-state index is 12.3. The Morgan fingerprint density at radius 1 is 1.21 bits per heavy atom. The molecule has 3 rings (SSSR count). The molecule has 3 aromatic rings. The van der Waals surface area contributed by atoms with Gasteiger partial charge < -0.3 is 4.57 Å². The first-order chi connectivity index (χ1) is 11.6. The molecule has 1 N–H and O–H groups in total. The molecule has 122 valence electrons. The van der Waals surface area contributed by atoms with Crippen LogP contribution in [0.1, 0.15) is 22.5 Å². The first kappa shape index (κ1) is 16.3. The van der Waals surface area contributed by atoms with Gasteiger partial charge in [-0.3, -0.25) is 4.79 Å². The molecule has 0 atom stereocenters. The number of carbonyl (C=O) groups is 1. The molecule has 0 aliphatic carbocycles. The Labute approximate surface area is 145 Å². The van der Waals surface area contributed by atoms with Gasteiger partial charge in [0.1, 0.15) is 5.69 Å². The van der Waals surface area contributed by atoms with E-state index >= 15 is 0 Å². The van der Waals surface area contributed by atoms with Crippen molar-refractivity contribution in [3.8, 4) is 0 Å². The average Bonchev–Trinajstić information content (AvgIpc) is 2.91. The number of amides is 1. The molecule has 0 saturated heterocycles. The SMILES string of the molecule is Cn1c(C(=O)N/N=C/CCc2ccccc2)cc2cc(Cl)ccc21. The Kier molecular flexibility index (Phi) is 4.96. The third-order valence-electron chi connectivity index (χ3n) is 3.90. The lowest BCUT2D eigenvalue weighted by Gasteiger charge is -2.02. The van der Waals surface area contributed by atoms with E-state index in [9.17, 15) is 4.79 Å². The number of carbonyl (C=O) groups excluding carboxylic acids is 1. The highest BCUT2D eigenvalue weighted by molar-refractivity contribution is 6.31. The molecule has 0 bridgehead atoms. The van der Waals surface area contributed by atoms with E-state index in [0.29, 0.717) is 10.7 Å². The number of fused-ring (bicyclic) bond motifs is 1. The third-order valence-corrected chi connectivity index (χ3v) is 4.13. The summed E-state index contributed by atoms with van der Waals surface area (Å²) in [5, 5.41) is 5.61. The van der Waals surface area contributed by atoms with Crippen LogP contribution in [0.15, 0.2) is 59.7 Å². The largest absolute Gasteiger partial charge is 0.340 e. The molecule has 0 fully saturated rings. The van der Waals surface area contributed by atoms with Crippen LogP contribution in [0, 0.1) is 0 Å². The number of hydrogen-bond donors (Lipinski definition) is 1. The summed E-state index contributed by atoms with van der Waals surface area (Å²) in [7, 11) is 1.85. The van der Waals surface area contributed by atoms with Crippen LogP contribution in [0.4, 0.5) is 0 Å². The number of hydrazone groups is 1. The Morgan fingerprint density at radius 3 is 2.79 bits per heavy atom. The predicted molar refractivity (Wildman–Crippen MR) is 98.7 cm³/mol. The van der Waals surface area contributed by atoms with Gasteiger partial charge in [-0.1, -0.05) is 41.9 Å². The molecule has 24 heavy (non-hydrogen) atoms. The van der Waals surface area contributed by atoms with Crippen molar-refractivity contribution in [3.63, 3.8) is 0 Å². The fourth-order valence-electron chi connectivity index (χ4n) is 2.64. The van der Waals surface area contributed by atoms with Gasteiger partial charge in [-0.2, -0.15) is 5.10 Å². The number of nitrogens with one attached hydrogen (secondary N) is 1. The van der Waals surface area contributed by atoms with Crippen LogP contribution in [-0.4, -0.2) is 16.7 Å². The van der Waals surface area contributed by atoms with E-state index in [1.807, 2.05) is 54.1 Å². The summed E-state index contributed by atoms with van der Waals surface area (Å²) in [4.78, 5) is 12.3. The Bertz CT molecular complexity index is 884. The second-order valence-electron chi connectivity index (χ2n) is 5.57. The monoisotopic (exact) mass is 339 g/mol. The summed E-state index contributed by atoms with van der Waals surface area (Å²) < 4.78 is 1.83. The van der Waals surface area contributed by atoms with Gasteiger partial charge in [0.15, 0.2) is 0 Å².